The molecule has 158 valence electrons. The van der Waals surface area contributed by atoms with E-state index in [4.69, 9.17) is 4.98 Å². The summed E-state index contributed by atoms with van der Waals surface area (Å²) in [6.07, 6.45) is 0.660. The highest BCUT2D eigenvalue weighted by molar-refractivity contribution is 5.92. The summed E-state index contributed by atoms with van der Waals surface area (Å²) in [7, 11) is 0. The molecule has 0 atom stereocenters. The molecule has 0 saturated heterocycles. The molecule has 0 spiro atoms. The molecule has 5 rings (SSSR count). The number of fused-ring (bicyclic) bond motifs is 2. The monoisotopic (exact) mass is 419 g/mol. The van der Waals surface area contributed by atoms with E-state index in [9.17, 15) is 4.79 Å². The van der Waals surface area contributed by atoms with Crippen LogP contribution < -0.4 is 5.32 Å². The van der Waals surface area contributed by atoms with Crippen LogP contribution in [0.2, 0.25) is 0 Å². The van der Waals surface area contributed by atoms with Crippen LogP contribution in [0.25, 0.3) is 21.8 Å². The van der Waals surface area contributed by atoms with Crippen LogP contribution in [0.1, 0.15) is 22.5 Å². The number of para-hydroxylation sites is 2. The average Bonchev–Trinajstić information content (AvgIpc) is 3.10. The zero-order chi connectivity index (χ0) is 22.1. The number of aromatic nitrogens is 2. The minimum absolute atomic E-state index is 0.0580. The third-order valence-electron chi connectivity index (χ3n) is 5.77. The number of carbonyl (C=O) groups is 1. The molecule has 1 heterocycles. The van der Waals surface area contributed by atoms with Gasteiger partial charge in [-0.05, 0) is 65.6 Å². The average molecular weight is 420 g/mol. The first kappa shape index (κ1) is 20.0. The minimum Gasteiger partial charge on any atom is -0.325 e. The van der Waals surface area contributed by atoms with Crippen LogP contribution in [0.4, 0.5) is 5.69 Å². The molecule has 1 aromatic heterocycles. The Labute approximate surface area is 187 Å². The Hall–Kier alpha value is -3.92. The summed E-state index contributed by atoms with van der Waals surface area (Å²) in [5.41, 5.74) is 6.16. The first-order valence-electron chi connectivity index (χ1n) is 10.9. The summed E-state index contributed by atoms with van der Waals surface area (Å²) in [4.78, 5) is 17.9. The quantitative estimate of drug-likeness (QED) is 0.378. The molecule has 0 aliphatic carbocycles. The molecule has 0 fully saturated rings. The number of aryl methyl sites for hydroxylation is 2. The normalized spacial score (nSPS) is 11.2. The van der Waals surface area contributed by atoms with Gasteiger partial charge in [0, 0.05) is 12.1 Å². The van der Waals surface area contributed by atoms with Crippen molar-refractivity contribution < 1.29 is 4.79 Å². The number of carbonyl (C=O) groups excluding carboxylic acids is 1. The standard InChI is InChI=1S/C28H25N3O/c1-19-14-20(2)16-23(15-19)29-28(32)18-31-26-13-6-5-12-25(26)30-27(31)17-22-10-7-9-21-8-3-4-11-24(21)22/h3-16H,17-18H2,1-2H3,(H,29,32). The number of nitrogens with zero attached hydrogens (tertiary/aromatic N) is 2. The van der Waals surface area contributed by atoms with Gasteiger partial charge in [0.15, 0.2) is 0 Å². The van der Waals surface area contributed by atoms with Gasteiger partial charge in [0.25, 0.3) is 0 Å². The van der Waals surface area contributed by atoms with E-state index in [2.05, 4.69) is 53.8 Å². The highest BCUT2D eigenvalue weighted by Gasteiger charge is 2.15. The van der Waals surface area contributed by atoms with Crippen LogP contribution in [0.15, 0.2) is 84.9 Å². The van der Waals surface area contributed by atoms with Crippen LogP contribution in [0.5, 0.6) is 0 Å². The van der Waals surface area contributed by atoms with E-state index in [1.165, 1.54) is 16.3 Å². The maximum Gasteiger partial charge on any atom is 0.244 e. The van der Waals surface area contributed by atoms with Gasteiger partial charge in [0.1, 0.15) is 12.4 Å². The molecular weight excluding hydrogens is 394 g/mol. The van der Waals surface area contributed by atoms with Crippen molar-refractivity contribution in [2.24, 2.45) is 0 Å². The summed E-state index contributed by atoms with van der Waals surface area (Å²) in [6, 6.07) is 28.8. The van der Waals surface area contributed by atoms with Gasteiger partial charge in [-0.15, -0.1) is 0 Å². The second kappa shape index (κ2) is 8.31. The Kier molecular flexibility index (Phi) is 5.20. The summed E-state index contributed by atoms with van der Waals surface area (Å²) >= 11 is 0. The van der Waals surface area contributed by atoms with Gasteiger partial charge in [-0.2, -0.15) is 0 Å². The lowest BCUT2D eigenvalue weighted by atomic mass is 10.0. The van der Waals surface area contributed by atoms with Gasteiger partial charge in [-0.25, -0.2) is 4.98 Å². The number of nitrogens with one attached hydrogen (secondary N) is 1. The Morgan fingerprint density at radius 2 is 1.59 bits per heavy atom. The van der Waals surface area contributed by atoms with E-state index >= 15 is 0 Å². The second-order valence-corrected chi connectivity index (χ2v) is 8.34. The number of hydrogen-bond acceptors (Lipinski definition) is 2. The van der Waals surface area contributed by atoms with Crippen molar-refractivity contribution >= 4 is 33.4 Å². The molecule has 5 aromatic rings. The van der Waals surface area contributed by atoms with Crippen LogP contribution in [-0.4, -0.2) is 15.5 Å². The predicted octanol–water partition coefficient (Wildman–Crippen LogP) is 6.04. The fraction of sp³-hybridized carbons (Fsp3) is 0.143. The zero-order valence-electron chi connectivity index (χ0n) is 18.3. The van der Waals surface area contributed by atoms with Gasteiger partial charge in [-0.3, -0.25) is 4.79 Å². The fourth-order valence-corrected chi connectivity index (χ4v) is 4.44. The van der Waals surface area contributed by atoms with Crippen molar-refractivity contribution in [3.05, 3.63) is 107 Å². The maximum absolute atomic E-state index is 13.0. The molecule has 4 nitrogen and oxygen atoms in total. The number of amides is 1. The summed E-state index contributed by atoms with van der Waals surface area (Å²) in [5.74, 6) is 0.829. The zero-order valence-corrected chi connectivity index (χ0v) is 18.3. The van der Waals surface area contributed by atoms with Crippen molar-refractivity contribution in [3.63, 3.8) is 0 Å². The van der Waals surface area contributed by atoms with Gasteiger partial charge in [-0.1, -0.05) is 60.7 Å². The lowest BCUT2D eigenvalue weighted by molar-refractivity contribution is -0.116. The van der Waals surface area contributed by atoms with Crippen LogP contribution in [0, 0.1) is 13.8 Å². The lowest BCUT2D eigenvalue weighted by Gasteiger charge is -2.12. The number of rotatable bonds is 5. The first-order chi connectivity index (χ1) is 15.6. The van der Waals surface area contributed by atoms with Gasteiger partial charge in [0.2, 0.25) is 5.91 Å². The molecule has 0 saturated carbocycles. The smallest absolute Gasteiger partial charge is 0.244 e. The third-order valence-corrected chi connectivity index (χ3v) is 5.77. The molecule has 1 N–H and O–H groups in total. The number of hydrogen-bond donors (Lipinski definition) is 1. The topological polar surface area (TPSA) is 46.9 Å². The molecule has 4 aromatic carbocycles. The molecule has 32 heavy (non-hydrogen) atoms. The van der Waals surface area contributed by atoms with Gasteiger partial charge >= 0.3 is 0 Å². The molecule has 4 heteroatoms. The Bertz CT molecular complexity index is 1420. The Balaban J connectivity index is 1.50. The second-order valence-electron chi connectivity index (χ2n) is 8.34. The summed E-state index contributed by atoms with van der Waals surface area (Å²) in [6.45, 7) is 4.29. The van der Waals surface area contributed by atoms with Crippen LogP contribution in [0.3, 0.4) is 0 Å². The maximum atomic E-state index is 13.0. The van der Waals surface area contributed by atoms with E-state index in [0.717, 1.165) is 33.7 Å². The first-order valence-corrected chi connectivity index (χ1v) is 10.9. The van der Waals surface area contributed by atoms with Crippen molar-refractivity contribution in [2.75, 3.05) is 5.32 Å². The lowest BCUT2D eigenvalue weighted by Crippen LogP contribution is -2.20. The van der Waals surface area contributed by atoms with Crippen LogP contribution >= 0.6 is 0 Å². The fourth-order valence-electron chi connectivity index (χ4n) is 4.44. The molecular formula is C28H25N3O. The van der Waals surface area contributed by atoms with E-state index in [0.29, 0.717) is 6.42 Å². The van der Waals surface area contributed by atoms with E-state index in [1.54, 1.807) is 0 Å². The summed E-state index contributed by atoms with van der Waals surface area (Å²) < 4.78 is 2.04. The number of imidazole rings is 1. The van der Waals surface area contributed by atoms with Crippen molar-refractivity contribution in [1.29, 1.82) is 0 Å². The molecule has 0 aliphatic rings. The van der Waals surface area contributed by atoms with E-state index < -0.39 is 0 Å². The molecule has 0 aliphatic heterocycles. The van der Waals surface area contributed by atoms with Gasteiger partial charge < -0.3 is 9.88 Å². The molecule has 0 unspecified atom stereocenters. The number of anilines is 1. The Morgan fingerprint density at radius 3 is 2.44 bits per heavy atom. The predicted molar refractivity (Wildman–Crippen MR) is 131 cm³/mol. The molecule has 0 bridgehead atoms. The van der Waals surface area contributed by atoms with E-state index in [1.807, 2.05) is 54.8 Å². The highest BCUT2D eigenvalue weighted by Crippen LogP contribution is 2.24. The van der Waals surface area contributed by atoms with E-state index in [-0.39, 0.29) is 12.5 Å². The van der Waals surface area contributed by atoms with Gasteiger partial charge in [0.05, 0.1) is 11.0 Å². The minimum atomic E-state index is -0.0580. The van der Waals surface area contributed by atoms with Crippen LogP contribution in [-0.2, 0) is 17.8 Å². The third kappa shape index (κ3) is 4.00. The van der Waals surface area contributed by atoms with Crippen molar-refractivity contribution in [3.8, 4) is 0 Å². The largest absolute Gasteiger partial charge is 0.325 e. The SMILES string of the molecule is Cc1cc(C)cc(NC(=O)Cn2c(Cc3cccc4ccccc34)nc3ccccc32)c1. The van der Waals surface area contributed by atoms with Crippen molar-refractivity contribution in [2.45, 2.75) is 26.8 Å². The Morgan fingerprint density at radius 1 is 0.875 bits per heavy atom. The molecule has 0 radical (unpaired) electrons. The molecule has 1 amide bonds. The van der Waals surface area contributed by atoms with Crippen molar-refractivity contribution in [1.82, 2.24) is 9.55 Å². The highest BCUT2D eigenvalue weighted by atomic mass is 16.1. The number of benzene rings is 4. The summed E-state index contributed by atoms with van der Waals surface area (Å²) in [5, 5.41) is 5.48.